The standard InChI is InChI=1S/C10H14N4O4/c1-17-9-10(18-2)14(16)8-6(12)4-3-5(11)7(8)13(9)15/h3-4,15-16H,11-12H2,1-2H3. The molecular weight excluding hydrogens is 240 g/mol. The zero-order valence-corrected chi connectivity index (χ0v) is 9.91. The van der Waals surface area contributed by atoms with Gasteiger partial charge in [-0.05, 0) is 12.1 Å². The van der Waals surface area contributed by atoms with Gasteiger partial charge in [-0.3, -0.25) is 10.4 Å². The van der Waals surface area contributed by atoms with Crippen LogP contribution >= 0.6 is 0 Å². The van der Waals surface area contributed by atoms with Gasteiger partial charge in [-0.1, -0.05) is 0 Å². The minimum Gasteiger partial charge on any atom is -0.477 e. The highest BCUT2D eigenvalue weighted by Gasteiger charge is 2.35. The van der Waals surface area contributed by atoms with Crippen molar-refractivity contribution in [3.8, 4) is 0 Å². The Morgan fingerprint density at radius 2 is 1.22 bits per heavy atom. The lowest BCUT2D eigenvalue weighted by molar-refractivity contribution is 0.109. The van der Waals surface area contributed by atoms with Gasteiger partial charge in [0.1, 0.15) is 11.4 Å². The summed E-state index contributed by atoms with van der Waals surface area (Å²) in [4.78, 5) is 0. The summed E-state index contributed by atoms with van der Waals surface area (Å²) in [5, 5.41) is 21.4. The Kier molecular flexibility index (Phi) is 2.81. The van der Waals surface area contributed by atoms with Crippen LogP contribution in [0.5, 0.6) is 0 Å². The molecule has 1 aliphatic heterocycles. The van der Waals surface area contributed by atoms with E-state index in [1.165, 1.54) is 26.4 Å². The summed E-state index contributed by atoms with van der Waals surface area (Å²) in [6.07, 6.45) is 0. The molecule has 2 rings (SSSR count). The van der Waals surface area contributed by atoms with Crippen molar-refractivity contribution in [2.75, 3.05) is 35.8 Å². The van der Waals surface area contributed by atoms with Crippen molar-refractivity contribution < 1.29 is 19.9 Å². The van der Waals surface area contributed by atoms with Gasteiger partial charge >= 0.3 is 0 Å². The fourth-order valence-corrected chi connectivity index (χ4v) is 1.79. The smallest absolute Gasteiger partial charge is 0.283 e. The van der Waals surface area contributed by atoms with Crippen molar-refractivity contribution in [3.05, 3.63) is 23.9 Å². The third-order valence-corrected chi connectivity index (χ3v) is 2.59. The highest BCUT2D eigenvalue weighted by Crippen LogP contribution is 2.45. The average Bonchev–Trinajstić information content (AvgIpc) is 2.35. The molecule has 0 fully saturated rings. The Morgan fingerprint density at radius 3 is 1.50 bits per heavy atom. The topological polar surface area (TPSA) is 117 Å². The summed E-state index contributed by atoms with van der Waals surface area (Å²) in [5.41, 5.74) is 12.2. The van der Waals surface area contributed by atoms with Crippen LogP contribution in [0.1, 0.15) is 0 Å². The summed E-state index contributed by atoms with van der Waals surface area (Å²) in [5.74, 6) is -0.213. The second-order valence-corrected chi connectivity index (χ2v) is 3.58. The summed E-state index contributed by atoms with van der Waals surface area (Å²) in [6, 6.07) is 3.02. The van der Waals surface area contributed by atoms with Gasteiger partial charge in [-0.15, -0.1) is 0 Å². The molecule has 0 aromatic heterocycles. The lowest BCUT2D eigenvalue weighted by Crippen LogP contribution is -2.35. The molecule has 8 heteroatoms. The number of hydrogen-bond donors (Lipinski definition) is 4. The molecule has 0 amide bonds. The SMILES string of the molecule is COC1=C(OC)N(O)c2c(N)ccc(N)c2N1O. The van der Waals surface area contributed by atoms with Crippen molar-refractivity contribution in [3.63, 3.8) is 0 Å². The zero-order valence-electron chi connectivity index (χ0n) is 9.91. The predicted octanol–water partition coefficient (Wildman–Crippen LogP) is 0.675. The minimum absolute atomic E-state index is 0.107. The summed E-state index contributed by atoms with van der Waals surface area (Å²) in [7, 11) is 2.64. The van der Waals surface area contributed by atoms with Crippen molar-refractivity contribution in [1.29, 1.82) is 0 Å². The van der Waals surface area contributed by atoms with Gasteiger partial charge in [0.05, 0.1) is 25.6 Å². The minimum atomic E-state index is -0.107. The number of nitrogen functional groups attached to an aromatic ring is 2. The third kappa shape index (κ3) is 1.47. The number of anilines is 4. The molecular formula is C10H14N4O4. The van der Waals surface area contributed by atoms with Crippen molar-refractivity contribution in [2.24, 2.45) is 0 Å². The molecule has 0 saturated carbocycles. The number of hydrogen-bond acceptors (Lipinski definition) is 8. The molecule has 98 valence electrons. The largest absolute Gasteiger partial charge is 0.477 e. The number of rotatable bonds is 2. The van der Waals surface area contributed by atoms with Gasteiger partial charge in [0, 0.05) is 0 Å². The van der Waals surface area contributed by atoms with E-state index >= 15 is 0 Å². The van der Waals surface area contributed by atoms with Gasteiger partial charge in [0.2, 0.25) is 0 Å². The van der Waals surface area contributed by atoms with Crippen molar-refractivity contribution >= 4 is 22.7 Å². The van der Waals surface area contributed by atoms with E-state index in [4.69, 9.17) is 20.9 Å². The van der Waals surface area contributed by atoms with E-state index in [1.54, 1.807) is 0 Å². The van der Waals surface area contributed by atoms with Gasteiger partial charge in [-0.2, -0.15) is 10.1 Å². The van der Waals surface area contributed by atoms with E-state index in [2.05, 4.69) is 0 Å². The van der Waals surface area contributed by atoms with Gasteiger partial charge in [0.15, 0.2) is 0 Å². The summed E-state index contributed by atoms with van der Waals surface area (Å²) >= 11 is 0. The molecule has 18 heavy (non-hydrogen) atoms. The van der Waals surface area contributed by atoms with Gasteiger partial charge in [-0.25, -0.2) is 0 Å². The van der Waals surface area contributed by atoms with Crippen LogP contribution < -0.4 is 21.6 Å². The molecule has 1 heterocycles. The maximum Gasteiger partial charge on any atom is 0.283 e. The first-order valence-electron chi connectivity index (χ1n) is 5.01. The van der Waals surface area contributed by atoms with Crippen LogP contribution in [0, 0.1) is 0 Å². The molecule has 0 bridgehead atoms. The maximum absolute atomic E-state index is 10.0. The fraction of sp³-hybridized carbons (Fsp3) is 0.200. The molecule has 1 aromatic carbocycles. The number of nitrogens with two attached hydrogens (primary N) is 2. The van der Waals surface area contributed by atoms with Crippen LogP contribution in [0.25, 0.3) is 0 Å². The van der Waals surface area contributed by atoms with Crippen molar-refractivity contribution in [2.45, 2.75) is 0 Å². The Balaban J connectivity index is 2.71. The third-order valence-electron chi connectivity index (χ3n) is 2.59. The van der Waals surface area contributed by atoms with E-state index in [1.807, 2.05) is 0 Å². The molecule has 0 spiro atoms. The number of ether oxygens (including phenoxy) is 2. The number of benzene rings is 1. The monoisotopic (exact) mass is 254 g/mol. The number of fused-ring (bicyclic) bond motifs is 1. The highest BCUT2D eigenvalue weighted by atomic mass is 16.6. The Labute approximate surface area is 103 Å². The number of nitrogens with zero attached hydrogens (tertiary/aromatic N) is 2. The van der Waals surface area contributed by atoms with Gasteiger partial charge in [0.25, 0.3) is 11.8 Å². The average molecular weight is 254 g/mol. The Morgan fingerprint density at radius 1 is 0.889 bits per heavy atom. The molecule has 0 unspecified atom stereocenters. The number of methoxy groups -OCH3 is 2. The first kappa shape index (κ1) is 12.1. The van der Waals surface area contributed by atoms with E-state index in [0.29, 0.717) is 10.1 Å². The van der Waals surface area contributed by atoms with Crippen molar-refractivity contribution in [1.82, 2.24) is 0 Å². The second kappa shape index (κ2) is 4.17. The maximum atomic E-state index is 10.0. The lowest BCUT2D eigenvalue weighted by atomic mass is 10.1. The van der Waals surface area contributed by atoms with Crippen LogP contribution in [0.2, 0.25) is 0 Å². The molecule has 8 nitrogen and oxygen atoms in total. The number of hydroxylamine groups is 2. The second-order valence-electron chi connectivity index (χ2n) is 3.58. The van der Waals surface area contributed by atoms with Crippen LogP contribution in [0.15, 0.2) is 23.9 Å². The van der Waals surface area contributed by atoms with Crippen LogP contribution in [-0.2, 0) is 9.47 Å². The van der Waals surface area contributed by atoms with Crippen LogP contribution in [0.4, 0.5) is 22.7 Å². The molecule has 1 aromatic rings. The molecule has 6 N–H and O–H groups in total. The molecule has 0 radical (unpaired) electrons. The Bertz CT molecular complexity index is 472. The zero-order chi connectivity index (χ0) is 13.4. The predicted molar refractivity (Wildman–Crippen MR) is 64.8 cm³/mol. The lowest BCUT2D eigenvalue weighted by Gasteiger charge is -2.34. The molecule has 0 atom stereocenters. The first-order valence-corrected chi connectivity index (χ1v) is 5.01. The normalized spacial score (nSPS) is 14.7. The molecule has 0 aliphatic carbocycles. The van der Waals surface area contributed by atoms with E-state index in [9.17, 15) is 10.4 Å². The first-order chi connectivity index (χ1) is 8.52. The van der Waals surface area contributed by atoms with E-state index in [0.717, 1.165) is 0 Å². The fourth-order valence-electron chi connectivity index (χ4n) is 1.79. The summed E-state index contributed by atoms with van der Waals surface area (Å²) in [6.45, 7) is 0. The van der Waals surface area contributed by atoms with Crippen LogP contribution in [-0.4, -0.2) is 24.6 Å². The quantitative estimate of drug-likeness (QED) is 0.569. The van der Waals surface area contributed by atoms with E-state index in [-0.39, 0.29) is 34.5 Å². The molecule has 1 aliphatic rings. The van der Waals surface area contributed by atoms with Gasteiger partial charge < -0.3 is 20.9 Å². The van der Waals surface area contributed by atoms with E-state index < -0.39 is 0 Å². The Hall–Kier alpha value is -2.32. The molecule has 0 saturated heterocycles. The van der Waals surface area contributed by atoms with Crippen LogP contribution in [0.3, 0.4) is 0 Å². The highest BCUT2D eigenvalue weighted by molar-refractivity contribution is 5.92. The summed E-state index contributed by atoms with van der Waals surface area (Å²) < 4.78 is 9.92.